The maximum atomic E-state index is 4.57. The number of likely N-dealkylation sites (N-methyl/N-ethyl adjacent to an activating group) is 1. The predicted molar refractivity (Wildman–Crippen MR) is 100 cm³/mol. The first-order chi connectivity index (χ1) is 11.4. The number of rotatable bonds is 2. The highest BCUT2D eigenvalue weighted by Crippen LogP contribution is 2.43. The Morgan fingerprint density at radius 3 is 2.50 bits per heavy atom. The van der Waals surface area contributed by atoms with Gasteiger partial charge >= 0.3 is 0 Å². The molecule has 0 spiro atoms. The first-order valence-electron chi connectivity index (χ1n) is 8.36. The van der Waals surface area contributed by atoms with Crippen molar-refractivity contribution in [1.29, 1.82) is 0 Å². The predicted octanol–water partition coefficient (Wildman–Crippen LogP) is 4.70. The molecule has 0 amide bonds. The first-order valence-corrected chi connectivity index (χ1v) is 8.36. The average molecular weight is 322 g/mol. The third kappa shape index (κ3) is 2.56. The van der Waals surface area contributed by atoms with Crippen LogP contribution in [0.1, 0.15) is 32.4 Å². The highest BCUT2D eigenvalue weighted by Gasteiger charge is 2.39. The lowest BCUT2D eigenvalue weighted by Crippen LogP contribution is -2.45. The molecular weight excluding hydrogens is 296 g/mol. The Hall–Kier alpha value is -2.36. The largest absolute Gasteiger partial charge is 0.362 e. The summed E-state index contributed by atoms with van der Waals surface area (Å²) in [5, 5.41) is 10.9. The van der Waals surface area contributed by atoms with Crippen molar-refractivity contribution in [3.05, 3.63) is 66.3 Å². The van der Waals surface area contributed by atoms with Gasteiger partial charge in [-0.1, -0.05) is 48.7 Å². The van der Waals surface area contributed by atoms with Crippen molar-refractivity contribution in [2.45, 2.75) is 38.4 Å². The van der Waals surface area contributed by atoms with Crippen LogP contribution < -0.4 is 4.90 Å². The lowest BCUT2D eigenvalue weighted by Gasteiger charge is -2.42. The molecule has 24 heavy (non-hydrogen) atoms. The summed E-state index contributed by atoms with van der Waals surface area (Å²) in [6.45, 7) is 15.6. The van der Waals surface area contributed by atoms with Gasteiger partial charge in [0, 0.05) is 30.4 Å². The van der Waals surface area contributed by atoms with Crippen molar-refractivity contribution < 1.29 is 0 Å². The number of hydrogen-bond donors (Lipinski definition) is 0. The molecule has 2 aliphatic rings. The van der Waals surface area contributed by atoms with Crippen molar-refractivity contribution >= 4 is 5.69 Å². The van der Waals surface area contributed by atoms with E-state index in [1.807, 2.05) is 24.2 Å². The van der Waals surface area contributed by atoms with E-state index in [-0.39, 0.29) is 17.6 Å². The zero-order valence-corrected chi connectivity index (χ0v) is 15.0. The van der Waals surface area contributed by atoms with Crippen LogP contribution in [-0.4, -0.2) is 30.2 Å². The van der Waals surface area contributed by atoms with Gasteiger partial charge in [0.2, 0.25) is 0 Å². The molecule has 0 bridgehead atoms. The molecule has 4 heteroatoms. The molecule has 0 aliphatic carbocycles. The van der Waals surface area contributed by atoms with Gasteiger partial charge in [-0.3, -0.25) is 5.01 Å². The third-order valence-electron chi connectivity index (χ3n) is 4.86. The summed E-state index contributed by atoms with van der Waals surface area (Å²) in [4.78, 5) is 2.42. The van der Waals surface area contributed by atoms with Crippen molar-refractivity contribution in [1.82, 2.24) is 5.01 Å². The molecule has 0 N–H and O–H groups in total. The molecule has 2 unspecified atom stereocenters. The van der Waals surface area contributed by atoms with Crippen molar-refractivity contribution in [2.75, 3.05) is 18.5 Å². The summed E-state index contributed by atoms with van der Waals surface area (Å²) in [5.74, 6) is 0. The zero-order chi connectivity index (χ0) is 17.5. The van der Waals surface area contributed by atoms with Gasteiger partial charge in [-0.25, -0.2) is 0 Å². The second-order valence-corrected chi connectivity index (χ2v) is 7.37. The van der Waals surface area contributed by atoms with Gasteiger partial charge in [-0.05, 0) is 38.0 Å². The lowest BCUT2D eigenvalue weighted by atomic mass is 9.86. The summed E-state index contributed by atoms with van der Waals surface area (Å²) in [7, 11) is 1.98. The summed E-state index contributed by atoms with van der Waals surface area (Å²) in [6.07, 6.45) is 3.89. The van der Waals surface area contributed by atoms with E-state index < -0.39 is 0 Å². The molecule has 3 rings (SSSR count). The number of hydrogen-bond acceptors (Lipinski definition) is 4. The minimum Gasteiger partial charge on any atom is -0.362 e. The Morgan fingerprint density at radius 1 is 1.17 bits per heavy atom. The van der Waals surface area contributed by atoms with E-state index >= 15 is 0 Å². The van der Waals surface area contributed by atoms with Gasteiger partial charge in [0.1, 0.15) is 12.1 Å². The maximum absolute atomic E-state index is 4.57. The number of para-hydroxylation sites is 1. The topological polar surface area (TPSA) is 31.2 Å². The molecule has 1 aromatic rings. The maximum Gasteiger partial charge on any atom is 0.126 e. The fraction of sp³-hybridized carbons (Fsp3) is 0.400. The molecule has 2 aliphatic heterocycles. The molecule has 0 saturated heterocycles. The van der Waals surface area contributed by atoms with Crippen LogP contribution in [0.4, 0.5) is 5.69 Å². The SMILES string of the molecule is C=C/C1=C(\C=C)C2C(N=NN2C)c2ccccc2N(C(C)(C)C)C1. The van der Waals surface area contributed by atoms with Gasteiger partial charge in [0.15, 0.2) is 0 Å². The minimum absolute atomic E-state index is 0.0227. The smallest absolute Gasteiger partial charge is 0.126 e. The number of anilines is 1. The summed E-state index contributed by atoms with van der Waals surface area (Å²) in [5.41, 5.74) is 4.75. The fourth-order valence-corrected chi connectivity index (χ4v) is 3.62. The van der Waals surface area contributed by atoms with Crippen molar-refractivity contribution in [2.24, 2.45) is 10.3 Å². The molecule has 1 aromatic carbocycles. The first kappa shape index (κ1) is 16.5. The monoisotopic (exact) mass is 322 g/mol. The quantitative estimate of drug-likeness (QED) is 0.790. The van der Waals surface area contributed by atoms with Crippen LogP contribution in [0.15, 0.2) is 71.1 Å². The van der Waals surface area contributed by atoms with Crippen LogP contribution in [0.5, 0.6) is 0 Å². The van der Waals surface area contributed by atoms with Gasteiger partial charge < -0.3 is 4.90 Å². The molecule has 4 nitrogen and oxygen atoms in total. The standard InChI is InChI=1S/C20H26N4/c1-7-14-13-24(20(3,4)5)17-12-10-9-11-16(17)18-19(15(14)8-2)23(6)22-21-18/h7-12,18-19H,1-2,13H2,3-6H3/b15-14-. The van der Waals surface area contributed by atoms with Gasteiger partial charge in [-0.2, -0.15) is 5.11 Å². The number of benzene rings is 1. The van der Waals surface area contributed by atoms with E-state index in [1.54, 1.807) is 0 Å². The van der Waals surface area contributed by atoms with Crippen LogP contribution in [0.25, 0.3) is 0 Å². The van der Waals surface area contributed by atoms with Crippen molar-refractivity contribution in [3.63, 3.8) is 0 Å². The Balaban J connectivity index is 2.28. The Morgan fingerprint density at radius 2 is 1.88 bits per heavy atom. The average Bonchev–Trinajstić information content (AvgIpc) is 2.89. The van der Waals surface area contributed by atoms with E-state index in [0.717, 1.165) is 12.1 Å². The molecular formula is C20H26N4. The zero-order valence-electron chi connectivity index (χ0n) is 15.0. The Bertz CT molecular complexity index is 723. The second kappa shape index (κ2) is 5.93. The highest BCUT2D eigenvalue weighted by atomic mass is 15.6. The molecule has 126 valence electrons. The van der Waals surface area contributed by atoms with Crippen LogP contribution in [0.3, 0.4) is 0 Å². The molecule has 0 fully saturated rings. The molecule has 0 radical (unpaired) electrons. The van der Waals surface area contributed by atoms with E-state index in [4.69, 9.17) is 0 Å². The van der Waals surface area contributed by atoms with Crippen LogP contribution in [-0.2, 0) is 0 Å². The minimum atomic E-state index is -0.0284. The van der Waals surface area contributed by atoms with E-state index in [9.17, 15) is 0 Å². The van der Waals surface area contributed by atoms with E-state index in [0.29, 0.717) is 0 Å². The molecule has 2 heterocycles. The normalized spacial score (nSPS) is 26.5. The van der Waals surface area contributed by atoms with Gasteiger partial charge in [0.25, 0.3) is 0 Å². The van der Waals surface area contributed by atoms with Crippen molar-refractivity contribution in [3.8, 4) is 0 Å². The highest BCUT2D eigenvalue weighted by molar-refractivity contribution is 5.61. The summed E-state index contributed by atoms with van der Waals surface area (Å²) < 4.78 is 0. The van der Waals surface area contributed by atoms with Crippen LogP contribution in [0.2, 0.25) is 0 Å². The molecule has 0 aromatic heterocycles. The molecule has 2 atom stereocenters. The Labute approximate surface area is 144 Å². The second-order valence-electron chi connectivity index (χ2n) is 7.37. The van der Waals surface area contributed by atoms with E-state index in [1.165, 1.54) is 16.8 Å². The van der Waals surface area contributed by atoms with Crippen LogP contribution in [0, 0.1) is 0 Å². The van der Waals surface area contributed by atoms with Gasteiger partial charge in [0.05, 0.1) is 0 Å². The fourth-order valence-electron chi connectivity index (χ4n) is 3.62. The summed E-state index contributed by atoms with van der Waals surface area (Å²) in [6, 6.07) is 8.57. The van der Waals surface area contributed by atoms with Gasteiger partial charge in [-0.15, -0.1) is 0 Å². The lowest BCUT2D eigenvalue weighted by molar-refractivity contribution is 0.305. The molecule has 0 saturated carbocycles. The number of nitrogens with zero attached hydrogens (tertiary/aromatic N) is 4. The summed E-state index contributed by atoms with van der Waals surface area (Å²) >= 11 is 0. The van der Waals surface area contributed by atoms with Crippen LogP contribution >= 0.6 is 0 Å². The third-order valence-corrected chi connectivity index (χ3v) is 4.86. The Kier molecular flexibility index (Phi) is 4.08. The number of fused-ring (bicyclic) bond motifs is 3. The van der Waals surface area contributed by atoms with E-state index in [2.05, 4.69) is 73.4 Å².